The zero-order valence-electron chi connectivity index (χ0n) is 11.7. The highest BCUT2D eigenvalue weighted by Crippen LogP contribution is 2.39. The Hall–Kier alpha value is -1.40. The number of hydrogen-bond donors (Lipinski definition) is 0. The summed E-state index contributed by atoms with van der Waals surface area (Å²) in [5.74, 6) is -4.01. The molecule has 0 bridgehead atoms. The highest BCUT2D eigenvalue weighted by atomic mass is 19.3. The zero-order chi connectivity index (χ0) is 15.0. The summed E-state index contributed by atoms with van der Waals surface area (Å²) in [6.07, 6.45) is -1.69. The fourth-order valence-corrected chi connectivity index (χ4v) is 1.93. The molecule has 0 radical (unpaired) electrons. The lowest BCUT2D eigenvalue weighted by Gasteiger charge is -2.30. The van der Waals surface area contributed by atoms with Crippen molar-refractivity contribution in [2.45, 2.75) is 57.7 Å². The largest absolute Gasteiger partial charge is 0.467 e. The molecule has 1 unspecified atom stereocenters. The minimum atomic E-state index is -3.14. The monoisotopic (exact) mass is 279 g/mol. The van der Waals surface area contributed by atoms with Gasteiger partial charge in [-0.25, -0.2) is 18.4 Å². The summed E-state index contributed by atoms with van der Waals surface area (Å²) in [6, 6.07) is -2.73. The van der Waals surface area contributed by atoms with Gasteiger partial charge in [-0.15, -0.1) is 0 Å². The molecule has 0 saturated carbocycles. The predicted octanol–water partition coefficient (Wildman–Crippen LogP) is 2.19. The van der Waals surface area contributed by atoms with Gasteiger partial charge in [0.15, 0.2) is 0 Å². The molecule has 0 spiro atoms. The Morgan fingerprint density at radius 2 is 1.84 bits per heavy atom. The maximum Gasteiger partial charge on any atom is 0.411 e. The van der Waals surface area contributed by atoms with Crippen molar-refractivity contribution in [3.05, 3.63) is 0 Å². The number of carbonyl (C=O) groups excluding carboxylic acids is 2. The molecule has 5 nitrogen and oxygen atoms in total. The molecule has 19 heavy (non-hydrogen) atoms. The number of ether oxygens (including phenoxy) is 2. The Morgan fingerprint density at radius 3 is 2.26 bits per heavy atom. The molecule has 1 fully saturated rings. The summed E-state index contributed by atoms with van der Waals surface area (Å²) in [5, 5.41) is 0. The van der Waals surface area contributed by atoms with Crippen molar-refractivity contribution >= 4 is 12.1 Å². The van der Waals surface area contributed by atoms with Crippen LogP contribution < -0.4 is 0 Å². The van der Waals surface area contributed by atoms with Gasteiger partial charge in [0.1, 0.15) is 11.6 Å². The highest BCUT2D eigenvalue weighted by Gasteiger charge is 2.57. The van der Waals surface area contributed by atoms with E-state index in [1.54, 1.807) is 20.8 Å². The number of likely N-dealkylation sites (tertiary alicyclic amines) is 1. The second kappa shape index (κ2) is 4.94. The van der Waals surface area contributed by atoms with E-state index in [2.05, 4.69) is 4.74 Å². The predicted molar refractivity (Wildman–Crippen MR) is 62.9 cm³/mol. The van der Waals surface area contributed by atoms with Crippen LogP contribution in [0.25, 0.3) is 0 Å². The molecule has 0 aliphatic carbocycles. The molecule has 1 rings (SSSR count). The van der Waals surface area contributed by atoms with Crippen LogP contribution in [0.3, 0.4) is 0 Å². The van der Waals surface area contributed by atoms with E-state index in [4.69, 9.17) is 4.74 Å². The van der Waals surface area contributed by atoms with Crippen molar-refractivity contribution < 1.29 is 27.8 Å². The standard InChI is InChI=1S/C12H19F2NO4/c1-7-12(13,14)6-8(9(16)18-5)15(7)10(17)19-11(2,3)4/h7-8H,6H2,1-5H3/t7-,8?/m0/s1. The van der Waals surface area contributed by atoms with Gasteiger partial charge in [0.25, 0.3) is 5.92 Å². The lowest BCUT2D eigenvalue weighted by Crippen LogP contribution is -2.48. The van der Waals surface area contributed by atoms with Crippen LogP contribution in [0.2, 0.25) is 0 Å². The molecule has 0 aromatic rings. The van der Waals surface area contributed by atoms with Crippen LogP contribution in [0.5, 0.6) is 0 Å². The maximum absolute atomic E-state index is 13.7. The Bertz CT molecular complexity index is 378. The first kappa shape index (κ1) is 15.7. The van der Waals surface area contributed by atoms with Crippen molar-refractivity contribution in [3.63, 3.8) is 0 Å². The van der Waals surface area contributed by atoms with Gasteiger partial charge in [0.2, 0.25) is 0 Å². The maximum atomic E-state index is 13.7. The number of nitrogens with zero attached hydrogens (tertiary/aromatic N) is 1. The fraction of sp³-hybridized carbons (Fsp3) is 0.833. The highest BCUT2D eigenvalue weighted by molar-refractivity contribution is 5.82. The van der Waals surface area contributed by atoms with Crippen LogP contribution >= 0.6 is 0 Å². The molecule has 1 saturated heterocycles. The Morgan fingerprint density at radius 1 is 1.32 bits per heavy atom. The Labute approximate surface area is 110 Å². The Kier molecular flexibility index (Phi) is 4.07. The molecular formula is C12H19F2NO4. The second-order valence-corrected chi connectivity index (χ2v) is 5.57. The van der Waals surface area contributed by atoms with E-state index in [1.165, 1.54) is 6.92 Å². The quantitative estimate of drug-likeness (QED) is 0.690. The van der Waals surface area contributed by atoms with Crippen LogP contribution in [0.4, 0.5) is 13.6 Å². The molecule has 0 N–H and O–H groups in total. The van der Waals surface area contributed by atoms with E-state index in [0.717, 1.165) is 12.0 Å². The Balaban J connectivity index is 2.99. The van der Waals surface area contributed by atoms with Crippen LogP contribution in [0.15, 0.2) is 0 Å². The van der Waals surface area contributed by atoms with Crippen LogP contribution in [0.1, 0.15) is 34.1 Å². The number of amides is 1. The molecule has 1 amide bonds. The van der Waals surface area contributed by atoms with E-state index in [1.807, 2.05) is 0 Å². The van der Waals surface area contributed by atoms with Gasteiger partial charge in [0, 0.05) is 6.42 Å². The van der Waals surface area contributed by atoms with E-state index in [-0.39, 0.29) is 0 Å². The molecule has 1 heterocycles. The number of halogens is 2. The summed E-state index contributed by atoms with van der Waals surface area (Å²) in [5.41, 5.74) is -0.824. The van der Waals surface area contributed by atoms with Crippen molar-refractivity contribution in [3.8, 4) is 0 Å². The minimum absolute atomic E-state index is 0.750. The summed E-state index contributed by atoms with van der Waals surface area (Å²) in [6.45, 7) is 6.05. The van der Waals surface area contributed by atoms with E-state index in [9.17, 15) is 18.4 Å². The lowest BCUT2D eigenvalue weighted by molar-refractivity contribution is -0.146. The summed E-state index contributed by atoms with van der Waals surface area (Å²) >= 11 is 0. The molecule has 0 aromatic carbocycles. The number of methoxy groups -OCH3 is 1. The number of esters is 1. The van der Waals surface area contributed by atoms with Crippen LogP contribution in [-0.2, 0) is 14.3 Å². The van der Waals surface area contributed by atoms with Gasteiger partial charge < -0.3 is 9.47 Å². The molecule has 110 valence electrons. The van der Waals surface area contributed by atoms with Crippen molar-refractivity contribution in [2.75, 3.05) is 7.11 Å². The van der Waals surface area contributed by atoms with E-state index >= 15 is 0 Å². The fourth-order valence-electron chi connectivity index (χ4n) is 1.93. The average Bonchev–Trinajstić information content (AvgIpc) is 2.47. The summed E-state index contributed by atoms with van der Waals surface area (Å²) < 4.78 is 36.9. The van der Waals surface area contributed by atoms with Gasteiger partial charge in [-0.05, 0) is 27.7 Å². The first-order valence-corrected chi connectivity index (χ1v) is 5.96. The number of carbonyl (C=O) groups is 2. The minimum Gasteiger partial charge on any atom is -0.467 e. The van der Waals surface area contributed by atoms with Gasteiger partial charge in [0.05, 0.1) is 13.2 Å². The van der Waals surface area contributed by atoms with Crippen molar-refractivity contribution in [2.24, 2.45) is 0 Å². The number of rotatable bonds is 1. The molecule has 0 aromatic heterocycles. The third kappa shape index (κ3) is 3.33. The van der Waals surface area contributed by atoms with Crippen molar-refractivity contribution in [1.29, 1.82) is 0 Å². The summed E-state index contributed by atoms with van der Waals surface area (Å²) in [4.78, 5) is 24.2. The molecule has 1 aliphatic heterocycles. The SMILES string of the molecule is COC(=O)C1CC(F)(F)[C@H](C)N1C(=O)OC(C)(C)C. The third-order valence-corrected chi connectivity index (χ3v) is 2.91. The second-order valence-electron chi connectivity index (χ2n) is 5.57. The van der Waals surface area contributed by atoms with E-state index < -0.39 is 42.1 Å². The topological polar surface area (TPSA) is 55.8 Å². The molecule has 7 heteroatoms. The van der Waals surface area contributed by atoms with Crippen molar-refractivity contribution in [1.82, 2.24) is 4.90 Å². The van der Waals surface area contributed by atoms with Crippen LogP contribution in [-0.4, -0.2) is 47.7 Å². The number of alkyl halides is 2. The zero-order valence-corrected chi connectivity index (χ0v) is 11.7. The van der Waals surface area contributed by atoms with Crippen LogP contribution in [0, 0.1) is 0 Å². The smallest absolute Gasteiger partial charge is 0.411 e. The third-order valence-electron chi connectivity index (χ3n) is 2.91. The van der Waals surface area contributed by atoms with Gasteiger partial charge in [-0.3, -0.25) is 4.90 Å². The molecule has 2 atom stereocenters. The lowest BCUT2D eigenvalue weighted by atomic mass is 10.1. The van der Waals surface area contributed by atoms with E-state index in [0.29, 0.717) is 0 Å². The summed E-state index contributed by atoms with van der Waals surface area (Å²) in [7, 11) is 1.09. The van der Waals surface area contributed by atoms with Gasteiger partial charge >= 0.3 is 12.1 Å². The number of hydrogen-bond acceptors (Lipinski definition) is 4. The van der Waals surface area contributed by atoms with Gasteiger partial charge in [-0.1, -0.05) is 0 Å². The van der Waals surface area contributed by atoms with Gasteiger partial charge in [-0.2, -0.15) is 0 Å². The molecular weight excluding hydrogens is 260 g/mol. The molecule has 1 aliphatic rings. The normalized spacial score (nSPS) is 26.2. The first-order chi connectivity index (χ1) is 8.49. The average molecular weight is 279 g/mol. The first-order valence-electron chi connectivity index (χ1n) is 5.96.